The van der Waals surface area contributed by atoms with Crippen molar-refractivity contribution in [2.45, 2.75) is 33.3 Å². The second-order valence-corrected chi connectivity index (χ2v) is 5.99. The zero-order valence-electron chi connectivity index (χ0n) is 10.8. The number of nitrogens with one attached hydrogen (secondary N) is 1. The molecule has 0 amide bonds. The Bertz CT molecular complexity index is 518. The molecule has 7 heteroatoms. The van der Waals surface area contributed by atoms with E-state index in [1.165, 1.54) is 12.1 Å². The molecule has 0 aliphatic heterocycles. The standard InChI is InChI=1S/C12H17F2NO3S/c1-3-4-7-19(16,17)15-10-8-9(2)5-6-11(10)18-12(13)14/h5-6,8,12,15H,3-4,7H2,1-2H3. The Hall–Kier alpha value is -1.37. The molecule has 0 fully saturated rings. The molecule has 1 N–H and O–H groups in total. The van der Waals surface area contributed by atoms with Gasteiger partial charge in [-0.2, -0.15) is 8.78 Å². The molecule has 0 bridgehead atoms. The van der Waals surface area contributed by atoms with Gasteiger partial charge in [0.1, 0.15) is 5.75 Å². The molecule has 1 aromatic rings. The highest BCUT2D eigenvalue weighted by atomic mass is 32.2. The fourth-order valence-electron chi connectivity index (χ4n) is 1.48. The number of ether oxygens (including phenoxy) is 1. The van der Waals surface area contributed by atoms with Gasteiger partial charge in [0, 0.05) is 0 Å². The van der Waals surface area contributed by atoms with Crippen LogP contribution in [0.15, 0.2) is 18.2 Å². The first kappa shape index (κ1) is 15.7. The predicted octanol–water partition coefficient (Wildman–Crippen LogP) is 3.14. The summed E-state index contributed by atoms with van der Waals surface area (Å²) in [4.78, 5) is 0. The first-order valence-electron chi connectivity index (χ1n) is 5.90. The van der Waals surface area contributed by atoms with Crippen LogP contribution in [0.5, 0.6) is 5.75 Å². The summed E-state index contributed by atoms with van der Waals surface area (Å²) in [5.74, 6) is -0.230. The molecule has 4 nitrogen and oxygen atoms in total. The maximum Gasteiger partial charge on any atom is 0.387 e. The number of aryl methyl sites for hydroxylation is 1. The van der Waals surface area contributed by atoms with Gasteiger partial charge in [0.25, 0.3) is 0 Å². The van der Waals surface area contributed by atoms with Gasteiger partial charge < -0.3 is 4.74 Å². The molecule has 0 atom stereocenters. The van der Waals surface area contributed by atoms with Crippen LogP contribution in [0.2, 0.25) is 0 Å². The van der Waals surface area contributed by atoms with Crippen LogP contribution in [0.4, 0.5) is 14.5 Å². The van der Waals surface area contributed by atoms with Crippen molar-refractivity contribution in [3.05, 3.63) is 23.8 Å². The number of hydrogen-bond acceptors (Lipinski definition) is 3. The van der Waals surface area contributed by atoms with E-state index in [-0.39, 0.29) is 17.2 Å². The van der Waals surface area contributed by atoms with Gasteiger partial charge in [-0.3, -0.25) is 4.72 Å². The summed E-state index contributed by atoms with van der Waals surface area (Å²) < 4.78 is 54.6. The maximum absolute atomic E-state index is 12.2. The number of anilines is 1. The lowest BCUT2D eigenvalue weighted by atomic mass is 10.2. The quantitative estimate of drug-likeness (QED) is 0.840. The van der Waals surface area contributed by atoms with Gasteiger partial charge in [0.2, 0.25) is 10.0 Å². The monoisotopic (exact) mass is 293 g/mol. The fraction of sp³-hybridized carbons (Fsp3) is 0.500. The van der Waals surface area contributed by atoms with Crippen molar-refractivity contribution in [2.75, 3.05) is 10.5 Å². The van der Waals surface area contributed by atoms with Crippen molar-refractivity contribution in [3.8, 4) is 5.75 Å². The van der Waals surface area contributed by atoms with E-state index in [4.69, 9.17) is 0 Å². The highest BCUT2D eigenvalue weighted by Gasteiger charge is 2.15. The highest BCUT2D eigenvalue weighted by Crippen LogP contribution is 2.28. The van der Waals surface area contributed by atoms with Crippen LogP contribution in [0.1, 0.15) is 25.3 Å². The minimum atomic E-state index is -3.55. The molecule has 0 saturated carbocycles. The number of unbranched alkanes of at least 4 members (excludes halogenated alkanes) is 1. The normalized spacial score (nSPS) is 11.6. The van der Waals surface area contributed by atoms with Gasteiger partial charge in [-0.1, -0.05) is 19.4 Å². The molecule has 1 aromatic carbocycles. The Morgan fingerprint density at radius 3 is 2.63 bits per heavy atom. The van der Waals surface area contributed by atoms with Gasteiger partial charge in [0.05, 0.1) is 11.4 Å². The van der Waals surface area contributed by atoms with E-state index in [0.717, 1.165) is 12.0 Å². The van der Waals surface area contributed by atoms with Gasteiger partial charge >= 0.3 is 6.61 Å². The zero-order chi connectivity index (χ0) is 14.5. The molecular weight excluding hydrogens is 276 g/mol. The summed E-state index contributed by atoms with van der Waals surface area (Å²) in [5.41, 5.74) is 0.784. The minimum absolute atomic E-state index is 0.0383. The third-order valence-electron chi connectivity index (χ3n) is 2.38. The number of sulfonamides is 1. The summed E-state index contributed by atoms with van der Waals surface area (Å²) in [6, 6.07) is 4.35. The second kappa shape index (κ2) is 6.70. The Morgan fingerprint density at radius 2 is 2.05 bits per heavy atom. The smallest absolute Gasteiger partial charge is 0.387 e. The number of benzene rings is 1. The molecule has 108 valence electrons. The predicted molar refractivity (Wildman–Crippen MR) is 70.1 cm³/mol. The van der Waals surface area contributed by atoms with Crippen LogP contribution in [0.3, 0.4) is 0 Å². The number of hydrogen-bond donors (Lipinski definition) is 1. The van der Waals surface area contributed by atoms with Crippen LogP contribution in [-0.4, -0.2) is 20.8 Å². The molecule has 0 spiro atoms. The third-order valence-corrected chi connectivity index (χ3v) is 3.74. The van der Waals surface area contributed by atoms with Crippen LogP contribution >= 0.6 is 0 Å². The molecule has 0 radical (unpaired) electrons. The van der Waals surface area contributed by atoms with E-state index >= 15 is 0 Å². The maximum atomic E-state index is 12.2. The Labute approximate surface area is 111 Å². The molecule has 0 aromatic heterocycles. The average Bonchev–Trinajstić information content (AvgIpc) is 2.29. The topological polar surface area (TPSA) is 55.4 Å². The van der Waals surface area contributed by atoms with Crippen molar-refractivity contribution >= 4 is 15.7 Å². The van der Waals surface area contributed by atoms with Crippen LogP contribution < -0.4 is 9.46 Å². The van der Waals surface area contributed by atoms with E-state index in [1.807, 2.05) is 6.92 Å². The molecule has 1 rings (SSSR count). The van der Waals surface area contributed by atoms with E-state index in [0.29, 0.717) is 6.42 Å². The van der Waals surface area contributed by atoms with E-state index in [9.17, 15) is 17.2 Å². The van der Waals surface area contributed by atoms with Crippen LogP contribution in [0, 0.1) is 6.92 Å². The molecular formula is C12H17F2NO3S. The lowest BCUT2D eigenvalue weighted by Crippen LogP contribution is -2.17. The SMILES string of the molecule is CCCCS(=O)(=O)Nc1cc(C)ccc1OC(F)F. The van der Waals surface area contributed by atoms with E-state index in [2.05, 4.69) is 9.46 Å². The van der Waals surface area contributed by atoms with Gasteiger partial charge in [0.15, 0.2) is 0 Å². The zero-order valence-corrected chi connectivity index (χ0v) is 11.6. The summed E-state index contributed by atoms with van der Waals surface area (Å²) >= 11 is 0. The lowest BCUT2D eigenvalue weighted by molar-refractivity contribution is -0.0493. The van der Waals surface area contributed by atoms with Crippen molar-refractivity contribution in [2.24, 2.45) is 0 Å². The lowest BCUT2D eigenvalue weighted by Gasteiger charge is -2.13. The van der Waals surface area contributed by atoms with E-state index < -0.39 is 16.6 Å². The molecule has 0 aliphatic carbocycles. The summed E-state index contributed by atoms with van der Waals surface area (Å²) in [6.45, 7) is 0.602. The largest absolute Gasteiger partial charge is 0.433 e. The highest BCUT2D eigenvalue weighted by molar-refractivity contribution is 7.92. The number of halogens is 2. The van der Waals surface area contributed by atoms with E-state index in [1.54, 1.807) is 13.0 Å². The second-order valence-electron chi connectivity index (χ2n) is 4.15. The number of alkyl halides is 2. The fourth-order valence-corrected chi connectivity index (χ4v) is 2.74. The van der Waals surface area contributed by atoms with Gasteiger partial charge in [-0.05, 0) is 31.0 Å². The first-order chi connectivity index (χ1) is 8.84. The Kier molecular flexibility index (Phi) is 5.53. The summed E-state index contributed by atoms with van der Waals surface area (Å²) in [7, 11) is -3.55. The minimum Gasteiger partial charge on any atom is -0.433 e. The summed E-state index contributed by atoms with van der Waals surface area (Å²) in [5, 5.41) is 0. The van der Waals surface area contributed by atoms with Crippen LogP contribution in [-0.2, 0) is 10.0 Å². The molecule has 19 heavy (non-hydrogen) atoms. The Balaban J connectivity index is 2.95. The molecule has 0 saturated heterocycles. The van der Waals surface area contributed by atoms with Crippen LogP contribution in [0.25, 0.3) is 0 Å². The molecule has 0 unspecified atom stereocenters. The molecule has 0 aliphatic rings. The first-order valence-corrected chi connectivity index (χ1v) is 7.55. The van der Waals surface area contributed by atoms with Gasteiger partial charge in [-0.15, -0.1) is 0 Å². The average molecular weight is 293 g/mol. The summed E-state index contributed by atoms with van der Waals surface area (Å²) in [6.07, 6.45) is 1.24. The van der Waals surface area contributed by atoms with Crippen molar-refractivity contribution in [3.63, 3.8) is 0 Å². The third kappa shape index (κ3) is 5.42. The van der Waals surface area contributed by atoms with Crippen molar-refractivity contribution in [1.82, 2.24) is 0 Å². The van der Waals surface area contributed by atoms with Crippen molar-refractivity contribution in [1.29, 1.82) is 0 Å². The van der Waals surface area contributed by atoms with Gasteiger partial charge in [-0.25, -0.2) is 8.42 Å². The number of rotatable bonds is 7. The molecule has 0 heterocycles. The Morgan fingerprint density at radius 1 is 1.37 bits per heavy atom. The van der Waals surface area contributed by atoms with Crippen molar-refractivity contribution < 1.29 is 21.9 Å².